The van der Waals surface area contributed by atoms with Crippen LogP contribution in [0.1, 0.15) is 13.8 Å². The van der Waals surface area contributed by atoms with Crippen molar-refractivity contribution in [3.8, 4) is 0 Å². The van der Waals surface area contributed by atoms with Crippen molar-refractivity contribution in [1.82, 2.24) is 9.62 Å². The summed E-state index contributed by atoms with van der Waals surface area (Å²) in [5, 5.41) is 0. The number of carbonyl (C=O) groups excluding carboxylic acids is 1. The fourth-order valence-corrected chi connectivity index (χ4v) is 1.69. The Balaban J connectivity index is 2.85. The standard InChI is InChI=1S/C7H13N3O3S/c1-5(2)10-6(11)4-8-7(10)9-14(3,12)13/h5H,4H2,1-3H3,(H,8,9). The average molecular weight is 219 g/mol. The van der Waals surface area contributed by atoms with Gasteiger partial charge in [-0.25, -0.2) is 13.4 Å². The zero-order chi connectivity index (χ0) is 10.9. The van der Waals surface area contributed by atoms with Gasteiger partial charge in [0, 0.05) is 6.04 Å². The van der Waals surface area contributed by atoms with Crippen molar-refractivity contribution in [2.45, 2.75) is 19.9 Å². The summed E-state index contributed by atoms with van der Waals surface area (Å²) < 4.78 is 24.1. The first-order valence-electron chi connectivity index (χ1n) is 4.15. The molecule has 0 unspecified atom stereocenters. The molecule has 1 amide bonds. The second-order valence-electron chi connectivity index (χ2n) is 3.37. The molecule has 1 aliphatic heterocycles. The largest absolute Gasteiger partial charge is 0.278 e. The third kappa shape index (κ3) is 2.44. The predicted molar refractivity (Wildman–Crippen MR) is 52.3 cm³/mol. The number of amides is 1. The topological polar surface area (TPSA) is 78.8 Å². The molecule has 0 saturated heterocycles. The lowest BCUT2D eigenvalue weighted by molar-refractivity contribution is -0.125. The third-order valence-electron chi connectivity index (χ3n) is 1.65. The number of guanidine groups is 1. The van der Waals surface area contributed by atoms with E-state index in [-0.39, 0.29) is 24.5 Å². The highest BCUT2D eigenvalue weighted by molar-refractivity contribution is 7.89. The van der Waals surface area contributed by atoms with Crippen molar-refractivity contribution >= 4 is 21.9 Å². The molecule has 80 valence electrons. The van der Waals surface area contributed by atoms with Crippen molar-refractivity contribution in [2.75, 3.05) is 12.8 Å². The van der Waals surface area contributed by atoms with E-state index in [0.717, 1.165) is 6.26 Å². The Morgan fingerprint density at radius 1 is 1.50 bits per heavy atom. The van der Waals surface area contributed by atoms with Gasteiger partial charge in [0.05, 0.1) is 6.26 Å². The number of rotatable bonds is 2. The normalized spacial score (nSPS) is 17.6. The number of carbonyl (C=O) groups is 1. The van der Waals surface area contributed by atoms with E-state index >= 15 is 0 Å². The van der Waals surface area contributed by atoms with E-state index in [0.29, 0.717) is 0 Å². The maximum atomic E-state index is 11.3. The second-order valence-corrected chi connectivity index (χ2v) is 5.12. The van der Waals surface area contributed by atoms with Crippen LogP contribution in [0.4, 0.5) is 0 Å². The van der Waals surface area contributed by atoms with E-state index in [9.17, 15) is 13.2 Å². The summed E-state index contributed by atoms with van der Waals surface area (Å²) in [5.41, 5.74) is 0. The Bertz CT molecular complexity index is 372. The smallest absolute Gasteiger partial charge is 0.251 e. The predicted octanol–water partition coefficient (Wildman–Crippen LogP) is -0.858. The molecular weight excluding hydrogens is 206 g/mol. The molecule has 1 rings (SSSR count). The van der Waals surface area contributed by atoms with E-state index in [1.54, 1.807) is 13.8 Å². The average Bonchev–Trinajstić information content (AvgIpc) is 2.27. The summed E-state index contributed by atoms with van der Waals surface area (Å²) in [6.07, 6.45) is 1.02. The van der Waals surface area contributed by atoms with Crippen LogP contribution >= 0.6 is 0 Å². The summed E-state index contributed by atoms with van der Waals surface area (Å²) in [7, 11) is -3.37. The number of nitrogens with zero attached hydrogens (tertiary/aromatic N) is 2. The molecule has 1 N–H and O–H groups in total. The molecule has 0 aliphatic carbocycles. The zero-order valence-electron chi connectivity index (χ0n) is 8.31. The van der Waals surface area contributed by atoms with Crippen molar-refractivity contribution in [3.63, 3.8) is 0 Å². The lowest BCUT2D eigenvalue weighted by Gasteiger charge is -2.22. The van der Waals surface area contributed by atoms with Crippen LogP contribution < -0.4 is 4.72 Å². The molecule has 0 aromatic carbocycles. The van der Waals surface area contributed by atoms with Crippen LogP contribution in [0, 0.1) is 0 Å². The van der Waals surface area contributed by atoms with Crippen LogP contribution in [0.25, 0.3) is 0 Å². The third-order valence-corrected chi connectivity index (χ3v) is 2.21. The molecule has 0 aromatic rings. The number of sulfonamides is 1. The SMILES string of the molecule is CC(C)N1C(=O)CN=C1NS(C)(=O)=O. The molecular formula is C7H13N3O3S. The van der Waals surface area contributed by atoms with E-state index in [4.69, 9.17) is 0 Å². The first-order chi connectivity index (χ1) is 6.31. The molecule has 0 aromatic heterocycles. The second kappa shape index (κ2) is 3.56. The van der Waals surface area contributed by atoms with Crippen molar-refractivity contribution in [2.24, 2.45) is 4.99 Å². The van der Waals surface area contributed by atoms with Crippen LogP contribution in [-0.2, 0) is 14.8 Å². The molecule has 0 fully saturated rings. The molecule has 0 spiro atoms. The monoisotopic (exact) mass is 219 g/mol. The van der Waals surface area contributed by atoms with Gasteiger partial charge in [-0.1, -0.05) is 0 Å². The van der Waals surface area contributed by atoms with Gasteiger partial charge < -0.3 is 0 Å². The number of nitrogens with one attached hydrogen (secondary N) is 1. The van der Waals surface area contributed by atoms with Gasteiger partial charge in [0.15, 0.2) is 0 Å². The number of hydrogen-bond acceptors (Lipinski definition) is 4. The van der Waals surface area contributed by atoms with Gasteiger partial charge in [-0.15, -0.1) is 0 Å². The Kier molecular flexibility index (Phi) is 2.79. The van der Waals surface area contributed by atoms with Crippen LogP contribution in [-0.4, -0.2) is 44.0 Å². The first-order valence-corrected chi connectivity index (χ1v) is 6.04. The van der Waals surface area contributed by atoms with E-state index in [2.05, 4.69) is 9.71 Å². The highest BCUT2D eigenvalue weighted by atomic mass is 32.2. The Morgan fingerprint density at radius 2 is 2.07 bits per heavy atom. The van der Waals surface area contributed by atoms with Crippen molar-refractivity contribution in [3.05, 3.63) is 0 Å². The Hall–Kier alpha value is -1.11. The summed E-state index contributed by atoms with van der Waals surface area (Å²) in [5.74, 6) is -0.0707. The lowest BCUT2D eigenvalue weighted by Crippen LogP contribution is -2.46. The zero-order valence-corrected chi connectivity index (χ0v) is 9.13. The summed E-state index contributed by atoms with van der Waals surface area (Å²) >= 11 is 0. The maximum absolute atomic E-state index is 11.3. The van der Waals surface area contributed by atoms with Crippen LogP contribution in [0.3, 0.4) is 0 Å². The number of hydrogen-bond donors (Lipinski definition) is 1. The maximum Gasteiger partial charge on any atom is 0.251 e. The summed E-state index contributed by atoms with van der Waals surface area (Å²) in [6.45, 7) is 3.60. The quantitative estimate of drug-likeness (QED) is 0.656. The van der Waals surface area contributed by atoms with Gasteiger partial charge in [0.1, 0.15) is 6.54 Å². The van der Waals surface area contributed by atoms with E-state index < -0.39 is 10.0 Å². The fourth-order valence-electron chi connectivity index (χ4n) is 1.19. The molecule has 14 heavy (non-hydrogen) atoms. The molecule has 7 heteroatoms. The van der Waals surface area contributed by atoms with Gasteiger partial charge in [-0.05, 0) is 13.8 Å². The first kappa shape index (κ1) is 11.0. The van der Waals surface area contributed by atoms with Crippen LogP contribution in [0.5, 0.6) is 0 Å². The van der Waals surface area contributed by atoms with Gasteiger partial charge in [0.25, 0.3) is 5.91 Å². The van der Waals surface area contributed by atoms with Crippen molar-refractivity contribution in [1.29, 1.82) is 0 Å². The van der Waals surface area contributed by atoms with Crippen molar-refractivity contribution < 1.29 is 13.2 Å². The van der Waals surface area contributed by atoms with Gasteiger partial charge in [-0.2, -0.15) is 0 Å². The van der Waals surface area contributed by atoms with Crippen LogP contribution in [0.2, 0.25) is 0 Å². The fraction of sp³-hybridized carbons (Fsp3) is 0.714. The lowest BCUT2D eigenvalue weighted by atomic mass is 10.3. The Labute approximate surface area is 83.1 Å². The highest BCUT2D eigenvalue weighted by Gasteiger charge is 2.29. The summed E-state index contributed by atoms with van der Waals surface area (Å²) in [4.78, 5) is 16.4. The molecule has 0 saturated carbocycles. The highest BCUT2D eigenvalue weighted by Crippen LogP contribution is 2.07. The molecule has 6 nitrogen and oxygen atoms in total. The minimum absolute atomic E-state index is 0.00995. The minimum Gasteiger partial charge on any atom is -0.278 e. The van der Waals surface area contributed by atoms with Gasteiger partial charge >= 0.3 is 0 Å². The molecule has 1 heterocycles. The van der Waals surface area contributed by atoms with E-state index in [1.165, 1.54) is 4.90 Å². The molecule has 0 radical (unpaired) electrons. The molecule has 0 atom stereocenters. The molecule has 0 bridgehead atoms. The molecule has 1 aliphatic rings. The van der Waals surface area contributed by atoms with E-state index in [1.807, 2.05) is 0 Å². The minimum atomic E-state index is -3.37. The summed E-state index contributed by atoms with van der Waals surface area (Å²) in [6, 6.07) is -0.0991. The number of aliphatic imine (C=N–C) groups is 1. The van der Waals surface area contributed by atoms with Gasteiger partial charge in [-0.3, -0.25) is 14.4 Å². The van der Waals surface area contributed by atoms with Gasteiger partial charge in [0.2, 0.25) is 16.0 Å². The van der Waals surface area contributed by atoms with Crippen LogP contribution in [0.15, 0.2) is 4.99 Å². The Morgan fingerprint density at radius 3 is 2.50 bits per heavy atom.